The molecule has 0 spiro atoms. The van der Waals surface area contributed by atoms with Crippen molar-refractivity contribution < 1.29 is 18.0 Å². The molecule has 1 aliphatic rings. The fraction of sp³-hybridized carbons (Fsp3) is 0.647. The first-order valence-electron chi connectivity index (χ1n) is 8.49. The molecule has 0 unspecified atom stereocenters. The molecule has 1 fully saturated rings. The molecule has 1 saturated heterocycles. The summed E-state index contributed by atoms with van der Waals surface area (Å²) in [6, 6.07) is 2.27. The van der Waals surface area contributed by atoms with E-state index in [4.69, 9.17) is 0 Å². The number of piperidine rings is 1. The van der Waals surface area contributed by atoms with E-state index in [2.05, 4.69) is 22.1 Å². The van der Waals surface area contributed by atoms with Crippen LogP contribution in [0.1, 0.15) is 31.7 Å². The fourth-order valence-corrected chi connectivity index (χ4v) is 3.31. The summed E-state index contributed by atoms with van der Waals surface area (Å²) in [5.74, 6) is 0.838. The topological polar surface area (TPSA) is 45.2 Å². The first-order valence-corrected chi connectivity index (χ1v) is 9.48. The molecule has 0 saturated carbocycles. The molecular formula is C17H24F3N3OS. The zero-order chi connectivity index (χ0) is 18.3. The van der Waals surface area contributed by atoms with Crippen LogP contribution in [0, 0.1) is 5.92 Å². The Morgan fingerprint density at radius 3 is 2.68 bits per heavy atom. The van der Waals surface area contributed by atoms with Crippen LogP contribution in [0.25, 0.3) is 0 Å². The summed E-state index contributed by atoms with van der Waals surface area (Å²) in [6.07, 6.45) is -0.213. The van der Waals surface area contributed by atoms with Crippen LogP contribution in [-0.2, 0) is 11.0 Å². The normalized spacial score (nSPS) is 16.8. The summed E-state index contributed by atoms with van der Waals surface area (Å²) in [5.41, 5.74) is -0.784. The lowest BCUT2D eigenvalue weighted by Crippen LogP contribution is -2.35. The van der Waals surface area contributed by atoms with Gasteiger partial charge in [0.05, 0.1) is 16.3 Å². The van der Waals surface area contributed by atoms with E-state index in [0.29, 0.717) is 11.6 Å². The highest BCUT2D eigenvalue weighted by molar-refractivity contribution is 7.99. The highest BCUT2D eigenvalue weighted by Crippen LogP contribution is 2.29. The fourth-order valence-electron chi connectivity index (χ4n) is 2.64. The lowest BCUT2D eigenvalue weighted by molar-refractivity contribution is -0.137. The number of carbonyl (C=O) groups excluding carboxylic acids is 1. The highest BCUT2D eigenvalue weighted by Gasteiger charge is 2.30. The molecule has 1 aromatic heterocycles. The van der Waals surface area contributed by atoms with Gasteiger partial charge in [-0.1, -0.05) is 18.7 Å². The lowest BCUT2D eigenvalue weighted by Gasteiger charge is -2.30. The summed E-state index contributed by atoms with van der Waals surface area (Å²) in [4.78, 5) is 17.9. The van der Waals surface area contributed by atoms with E-state index in [-0.39, 0.29) is 11.7 Å². The molecule has 0 bridgehead atoms. The number of nitrogens with one attached hydrogen (secondary N) is 1. The molecule has 0 atom stereocenters. The van der Waals surface area contributed by atoms with Crippen molar-refractivity contribution in [3.05, 3.63) is 23.9 Å². The molecule has 8 heteroatoms. The highest BCUT2D eigenvalue weighted by atomic mass is 32.2. The van der Waals surface area contributed by atoms with Crippen molar-refractivity contribution >= 4 is 17.7 Å². The minimum absolute atomic E-state index is 0.126. The van der Waals surface area contributed by atoms with E-state index in [1.807, 2.05) is 0 Å². The van der Waals surface area contributed by atoms with Crippen LogP contribution in [0.2, 0.25) is 0 Å². The van der Waals surface area contributed by atoms with Crippen LogP contribution in [0.4, 0.5) is 13.2 Å². The number of likely N-dealkylation sites (tertiary alicyclic amines) is 1. The van der Waals surface area contributed by atoms with Gasteiger partial charge >= 0.3 is 6.18 Å². The van der Waals surface area contributed by atoms with Crippen LogP contribution in [-0.4, -0.2) is 47.7 Å². The van der Waals surface area contributed by atoms with E-state index in [9.17, 15) is 18.0 Å². The Labute approximate surface area is 150 Å². The van der Waals surface area contributed by atoms with Crippen molar-refractivity contribution in [2.75, 3.05) is 31.9 Å². The van der Waals surface area contributed by atoms with Crippen molar-refractivity contribution in [1.29, 1.82) is 0 Å². The maximum Gasteiger partial charge on any atom is 0.417 e. The number of aromatic nitrogens is 1. The molecule has 1 amide bonds. The van der Waals surface area contributed by atoms with E-state index in [1.165, 1.54) is 18.9 Å². The summed E-state index contributed by atoms with van der Waals surface area (Å²) in [5, 5.41) is 3.25. The van der Waals surface area contributed by atoms with Gasteiger partial charge in [0.2, 0.25) is 5.91 Å². The third-order valence-corrected chi connectivity index (χ3v) is 5.21. The van der Waals surface area contributed by atoms with Crippen LogP contribution in [0.15, 0.2) is 23.4 Å². The number of amides is 1. The molecule has 2 heterocycles. The molecule has 0 radical (unpaired) electrons. The maximum absolute atomic E-state index is 12.4. The average Bonchev–Trinajstić information content (AvgIpc) is 2.58. The summed E-state index contributed by atoms with van der Waals surface area (Å²) < 4.78 is 37.3. The molecule has 1 N–H and O–H groups in total. The quantitative estimate of drug-likeness (QED) is 0.586. The third kappa shape index (κ3) is 7.23. The van der Waals surface area contributed by atoms with Gasteiger partial charge < -0.3 is 10.2 Å². The Morgan fingerprint density at radius 2 is 2.08 bits per heavy atom. The number of carbonyl (C=O) groups is 1. The van der Waals surface area contributed by atoms with Gasteiger partial charge in [-0.15, -0.1) is 0 Å². The summed E-state index contributed by atoms with van der Waals surface area (Å²) >= 11 is 1.13. The van der Waals surface area contributed by atoms with Gasteiger partial charge in [0.25, 0.3) is 0 Å². The van der Waals surface area contributed by atoms with Crippen molar-refractivity contribution in [2.24, 2.45) is 5.92 Å². The third-order valence-electron chi connectivity index (χ3n) is 4.26. The van der Waals surface area contributed by atoms with E-state index in [1.54, 1.807) is 0 Å². The van der Waals surface area contributed by atoms with Gasteiger partial charge in [0.1, 0.15) is 0 Å². The Morgan fingerprint density at radius 1 is 1.36 bits per heavy atom. The van der Waals surface area contributed by atoms with Crippen molar-refractivity contribution in [3.8, 4) is 0 Å². The maximum atomic E-state index is 12.4. The van der Waals surface area contributed by atoms with Crippen LogP contribution in [0.3, 0.4) is 0 Å². The molecule has 25 heavy (non-hydrogen) atoms. The van der Waals surface area contributed by atoms with Gasteiger partial charge in [-0.25, -0.2) is 4.98 Å². The minimum atomic E-state index is -4.39. The van der Waals surface area contributed by atoms with Crippen molar-refractivity contribution in [1.82, 2.24) is 15.2 Å². The van der Waals surface area contributed by atoms with Gasteiger partial charge in [0, 0.05) is 12.7 Å². The molecule has 1 aromatic rings. The number of nitrogens with zero attached hydrogens (tertiary/aromatic N) is 2. The zero-order valence-electron chi connectivity index (χ0n) is 14.3. The largest absolute Gasteiger partial charge is 0.417 e. The lowest BCUT2D eigenvalue weighted by atomic mass is 9.99. The summed E-state index contributed by atoms with van der Waals surface area (Å²) in [7, 11) is 0. The Balaban J connectivity index is 1.59. The number of hydrogen-bond acceptors (Lipinski definition) is 4. The molecule has 0 aliphatic carbocycles. The predicted octanol–water partition coefficient (Wildman–Crippen LogP) is 3.43. The minimum Gasteiger partial charge on any atom is -0.355 e. The number of rotatable bonds is 7. The van der Waals surface area contributed by atoms with Gasteiger partial charge in [-0.2, -0.15) is 13.2 Å². The van der Waals surface area contributed by atoms with Crippen LogP contribution >= 0.6 is 11.8 Å². The zero-order valence-corrected chi connectivity index (χ0v) is 15.1. The molecule has 1 aliphatic heterocycles. The molecule has 2 rings (SSSR count). The van der Waals surface area contributed by atoms with Gasteiger partial charge in [-0.3, -0.25) is 4.79 Å². The summed E-state index contributed by atoms with van der Waals surface area (Å²) in [6.45, 7) is 6.14. The number of hydrogen-bond donors (Lipinski definition) is 1. The number of alkyl halides is 3. The molecule has 140 valence electrons. The smallest absolute Gasteiger partial charge is 0.355 e. The second kappa shape index (κ2) is 9.43. The predicted molar refractivity (Wildman–Crippen MR) is 92.4 cm³/mol. The van der Waals surface area contributed by atoms with Crippen molar-refractivity contribution in [3.63, 3.8) is 0 Å². The van der Waals surface area contributed by atoms with E-state index < -0.39 is 11.7 Å². The number of thioether (sulfide) groups is 1. The second-order valence-electron chi connectivity index (χ2n) is 6.40. The SMILES string of the molecule is CC1CCN(CCCNC(=O)CSc2ccc(C(F)(F)F)cn2)CC1. The molecule has 4 nitrogen and oxygen atoms in total. The van der Waals surface area contributed by atoms with E-state index in [0.717, 1.165) is 56.0 Å². The molecular weight excluding hydrogens is 351 g/mol. The van der Waals surface area contributed by atoms with Crippen molar-refractivity contribution in [2.45, 2.75) is 37.4 Å². The van der Waals surface area contributed by atoms with E-state index >= 15 is 0 Å². The number of pyridine rings is 1. The first-order chi connectivity index (χ1) is 11.8. The standard InChI is InChI=1S/C17H24F3N3OS/c1-13-5-9-23(10-6-13)8-2-7-21-15(24)12-25-16-4-3-14(11-22-16)17(18,19)20/h3-4,11,13H,2,5-10,12H2,1H3,(H,21,24). The number of halogens is 3. The van der Waals surface area contributed by atoms with Crippen LogP contribution < -0.4 is 5.32 Å². The van der Waals surface area contributed by atoms with Crippen LogP contribution in [0.5, 0.6) is 0 Å². The molecule has 0 aromatic carbocycles. The second-order valence-corrected chi connectivity index (χ2v) is 7.39. The van der Waals surface area contributed by atoms with Gasteiger partial charge in [0.15, 0.2) is 0 Å². The van der Waals surface area contributed by atoms with Gasteiger partial charge in [-0.05, 0) is 56.9 Å². The average molecular weight is 375 g/mol. The Kier molecular flexibility index (Phi) is 7.56. The first kappa shape index (κ1) is 20.0. The monoisotopic (exact) mass is 375 g/mol. The Bertz CT molecular complexity index is 543. The Hall–Kier alpha value is -1.28.